The van der Waals surface area contributed by atoms with Crippen molar-refractivity contribution in [3.63, 3.8) is 0 Å². The van der Waals surface area contributed by atoms with Crippen LogP contribution in [0.4, 0.5) is 5.69 Å². The third-order valence-corrected chi connectivity index (χ3v) is 5.32. The molecule has 1 aliphatic carbocycles. The highest BCUT2D eigenvalue weighted by Gasteiger charge is 2.32. The molecule has 0 unspecified atom stereocenters. The highest BCUT2D eigenvalue weighted by atomic mass is 32.1. The van der Waals surface area contributed by atoms with Crippen molar-refractivity contribution in [1.82, 2.24) is 10.3 Å². The van der Waals surface area contributed by atoms with Gasteiger partial charge in [0.25, 0.3) is 0 Å². The molecule has 1 heterocycles. The summed E-state index contributed by atoms with van der Waals surface area (Å²) in [6.07, 6.45) is 4.06. The third-order valence-electron chi connectivity index (χ3n) is 4.55. The fourth-order valence-electron chi connectivity index (χ4n) is 3.17. The van der Waals surface area contributed by atoms with Gasteiger partial charge in [-0.3, -0.25) is 4.79 Å². The maximum atomic E-state index is 12.2. The molecule has 0 aliphatic heterocycles. The summed E-state index contributed by atoms with van der Waals surface area (Å²) in [6.45, 7) is 2.27. The molecular weight excluding hydrogens is 322 g/mol. The van der Waals surface area contributed by atoms with Crippen molar-refractivity contribution in [2.24, 2.45) is 0 Å². The van der Waals surface area contributed by atoms with Gasteiger partial charge in [0.1, 0.15) is 0 Å². The number of rotatable bonds is 6. The van der Waals surface area contributed by atoms with Gasteiger partial charge in [-0.2, -0.15) is 0 Å². The van der Waals surface area contributed by atoms with Crippen molar-refractivity contribution in [2.75, 3.05) is 18.5 Å². The average molecular weight is 345 g/mol. The van der Waals surface area contributed by atoms with Gasteiger partial charge in [0.05, 0.1) is 23.9 Å². The van der Waals surface area contributed by atoms with Gasteiger partial charge in [-0.25, -0.2) is 4.98 Å². The van der Waals surface area contributed by atoms with E-state index in [0.717, 1.165) is 47.6 Å². The minimum absolute atomic E-state index is 0.0823. The van der Waals surface area contributed by atoms with E-state index in [1.54, 1.807) is 11.3 Å². The minimum atomic E-state index is -0.280. The fraction of sp³-hybridized carbons (Fsp3) is 0.444. The molecule has 0 radical (unpaired) electrons. The zero-order valence-corrected chi connectivity index (χ0v) is 14.7. The SMILES string of the molecule is Cc1nc(-c2cccc(NC(=O)CNC3(CO)CCCC3)c2)cs1. The molecule has 3 N–H and O–H groups in total. The summed E-state index contributed by atoms with van der Waals surface area (Å²) in [6, 6.07) is 7.71. The number of anilines is 1. The van der Waals surface area contributed by atoms with Gasteiger partial charge in [0, 0.05) is 22.2 Å². The lowest BCUT2D eigenvalue weighted by Gasteiger charge is -2.27. The number of carbonyl (C=O) groups is 1. The predicted octanol–water partition coefficient (Wildman–Crippen LogP) is 2.95. The van der Waals surface area contributed by atoms with Gasteiger partial charge in [0.15, 0.2) is 0 Å². The summed E-state index contributed by atoms with van der Waals surface area (Å²) in [4.78, 5) is 16.7. The van der Waals surface area contributed by atoms with E-state index in [0.29, 0.717) is 0 Å². The number of nitrogens with one attached hydrogen (secondary N) is 2. The minimum Gasteiger partial charge on any atom is -0.394 e. The molecule has 1 aromatic carbocycles. The van der Waals surface area contributed by atoms with Crippen LogP contribution in [0.2, 0.25) is 0 Å². The molecule has 0 bridgehead atoms. The molecule has 24 heavy (non-hydrogen) atoms. The molecule has 1 fully saturated rings. The standard InChI is InChI=1S/C18H23N3O2S/c1-13-20-16(11-24-13)14-5-4-6-15(9-14)21-17(23)10-19-18(12-22)7-2-3-8-18/h4-6,9,11,19,22H,2-3,7-8,10,12H2,1H3,(H,21,23). The molecule has 1 saturated carbocycles. The van der Waals surface area contributed by atoms with E-state index < -0.39 is 0 Å². The maximum Gasteiger partial charge on any atom is 0.238 e. The van der Waals surface area contributed by atoms with E-state index in [2.05, 4.69) is 15.6 Å². The number of hydrogen-bond donors (Lipinski definition) is 3. The van der Waals surface area contributed by atoms with Gasteiger partial charge >= 0.3 is 0 Å². The van der Waals surface area contributed by atoms with Gasteiger partial charge < -0.3 is 15.7 Å². The topological polar surface area (TPSA) is 74.2 Å². The number of nitrogens with zero attached hydrogens (tertiary/aromatic N) is 1. The second kappa shape index (κ2) is 7.42. The molecule has 128 valence electrons. The Morgan fingerprint density at radius 2 is 2.17 bits per heavy atom. The van der Waals surface area contributed by atoms with Crippen LogP contribution >= 0.6 is 11.3 Å². The molecule has 2 aromatic rings. The number of aliphatic hydroxyl groups is 1. The Morgan fingerprint density at radius 1 is 1.38 bits per heavy atom. The maximum absolute atomic E-state index is 12.2. The number of aryl methyl sites for hydroxylation is 1. The second-order valence-electron chi connectivity index (χ2n) is 6.38. The summed E-state index contributed by atoms with van der Waals surface area (Å²) in [7, 11) is 0. The first-order chi connectivity index (χ1) is 11.6. The van der Waals surface area contributed by atoms with Crippen molar-refractivity contribution in [2.45, 2.75) is 38.1 Å². The van der Waals surface area contributed by atoms with E-state index >= 15 is 0 Å². The fourth-order valence-corrected chi connectivity index (χ4v) is 3.79. The summed E-state index contributed by atoms with van der Waals surface area (Å²) >= 11 is 1.61. The first kappa shape index (κ1) is 17.1. The number of carbonyl (C=O) groups excluding carboxylic acids is 1. The monoisotopic (exact) mass is 345 g/mol. The summed E-state index contributed by atoms with van der Waals surface area (Å²) in [5.74, 6) is -0.0960. The van der Waals surface area contributed by atoms with Crippen LogP contribution in [0, 0.1) is 6.92 Å². The molecule has 6 heteroatoms. The van der Waals surface area contributed by atoms with Crippen LogP contribution < -0.4 is 10.6 Å². The second-order valence-corrected chi connectivity index (χ2v) is 7.44. The molecule has 0 atom stereocenters. The van der Waals surface area contributed by atoms with Crippen LogP contribution in [0.25, 0.3) is 11.3 Å². The zero-order chi connectivity index (χ0) is 17.0. The molecule has 0 saturated heterocycles. The van der Waals surface area contributed by atoms with Gasteiger partial charge in [0.2, 0.25) is 5.91 Å². The van der Waals surface area contributed by atoms with Crippen LogP contribution in [-0.2, 0) is 4.79 Å². The molecule has 5 nitrogen and oxygen atoms in total. The Kier molecular flexibility index (Phi) is 5.28. The lowest BCUT2D eigenvalue weighted by Crippen LogP contribution is -2.49. The van der Waals surface area contributed by atoms with E-state index in [4.69, 9.17) is 0 Å². The van der Waals surface area contributed by atoms with Crippen molar-refractivity contribution in [3.05, 3.63) is 34.7 Å². The number of hydrogen-bond acceptors (Lipinski definition) is 5. The Balaban J connectivity index is 1.60. The molecule has 3 rings (SSSR count). The first-order valence-electron chi connectivity index (χ1n) is 8.29. The largest absolute Gasteiger partial charge is 0.394 e. The predicted molar refractivity (Wildman–Crippen MR) is 97.2 cm³/mol. The Hall–Kier alpha value is -1.76. The van der Waals surface area contributed by atoms with E-state index in [-0.39, 0.29) is 24.6 Å². The highest BCUT2D eigenvalue weighted by Crippen LogP contribution is 2.29. The Labute approximate surface area is 146 Å². The van der Waals surface area contributed by atoms with Crippen LogP contribution in [0.1, 0.15) is 30.7 Å². The van der Waals surface area contributed by atoms with E-state index in [9.17, 15) is 9.90 Å². The third kappa shape index (κ3) is 4.01. The van der Waals surface area contributed by atoms with Crippen molar-refractivity contribution >= 4 is 22.9 Å². The van der Waals surface area contributed by atoms with Crippen molar-refractivity contribution in [3.8, 4) is 11.3 Å². The number of amides is 1. The number of thiazole rings is 1. The van der Waals surface area contributed by atoms with Crippen LogP contribution in [0.3, 0.4) is 0 Å². The van der Waals surface area contributed by atoms with Gasteiger partial charge in [-0.05, 0) is 31.9 Å². The Morgan fingerprint density at radius 3 is 2.83 bits per heavy atom. The molecular formula is C18H23N3O2S. The smallest absolute Gasteiger partial charge is 0.238 e. The summed E-state index contributed by atoms with van der Waals surface area (Å²) in [5, 5.41) is 18.8. The van der Waals surface area contributed by atoms with E-state index in [1.807, 2.05) is 36.6 Å². The lowest BCUT2D eigenvalue weighted by molar-refractivity contribution is -0.115. The Bertz CT molecular complexity index is 708. The summed E-state index contributed by atoms with van der Waals surface area (Å²) < 4.78 is 0. The van der Waals surface area contributed by atoms with E-state index in [1.165, 1.54) is 0 Å². The molecule has 1 aromatic heterocycles. The average Bonchev–Trinajstić information content (AvgIpc) is 3.23. The number of benzene rings is 1. The van der Waals surface area contributed by atoms with Crippen LogP contribution in [0.15, 0.2) is 29.6 Å². The molecule has 1 aliphatic rings. The number of aromatic nitrogens is 1. The normalized spacial score (nSPS) is 16.2. The first-order valence-corrected chi connectivity index (χ1v) is 9.16. The lowest BCUT2D eigenvalue weighted by atomic mass is 9.99. The van der Waals surface area contributed by atoms with Gasteiger partial charge in [-0.15, -0.1) is 11.3 Å². The highest BCUT2D eigenvalue weighted by molar-refractivity contribution is 7.09. The molecule has 1 amide bonds. The van der Waals surface area contributed by atoms with Crippen LogP contribution in [-0.4, -0.2) is 34.7 Å². The molecule has 0 spiro atoms. The quantitative estimate of drug-likeness (QED) is 0.752. The van der Waals surface area contributed by atoms with Crippen molar-refractivity contribution < 1.29 is 9.90 Å². The zero-order valence-electron chi connectivity index (χ0n) is 13.8. The number of aliphatic hydroxyl groups excluding tert-OH is 1. The van der Waals surface area contributed by atoms with Gasteiger partial charge in [-0.1, -0.05) is 25.0 Å². The summed E-state index contributed by atoms with van der Waals surface area (Å²) in [5.41, 5.74) is 2.40. The van der Waals surface area contributed by atoms with Crippen LogP contribution in [0.5, 0.6) is 0 Å². The van der Waals surface area contributed by atoms with Crippen molar-refractivity contribution in [1.29, 1.82) is 0 Å².